The maximum Gasteiger partial charge on any atom is 0.262 e. The van der Waals surface area contributed by atoms with Crippen LogP contribution in [-0.4, -0.2) is 34.0 Å². The Balaban J connectivity index is 1.42. The number of ketones is 1. The predicted molar refractivity (Wildman–Crippen MR) is 113 cm³/mol. The Labute approximate surface area is 171 Å². The predicted octanol–water partition coefficient (Wildman–Crippen LogP) is 3.23. The maximum atomic E-state index is 12.9. The molecule has 1 saturated carbocycles. The number of hydrogen-bond donors (Lipinski definition) is 0. The van der Waals surface area contributed by atoms with E-state index in [-0.39, 0.29) is 29.0 Å². The molecule has 3 aromatic rings. The summed E-state index contributed by atoms with van der Waals surface area (Å²) in [7, 11) is 1.74. The van der Waals surface area contributed by atoms with Gasteiger partial charge in [0.1, 0.15) is 0 Å². The van der Waals surface area contributed by atoms with Crippen molar-refractivity contribution in [1.82, 2.24) is 9.55 Å². The van der Waals surface area contributed by atoms with Crippen molar-refractivity contribution >= 4 is 40.0 Å². The van der Waals surface area contributed by atoms with Crippen LogP contribution in [0, 0.1) is 0 Å². The van der Waals surface area contributed by atoms with Gasteiger partial charge in [-0.15, -0.1) is 0 Å². The summed E-state index contributed by atoms with van der Waals surface area (Å²) in [6.45, 7) is 0. The number of amides is 1. The van der Waals surface area contributed by atoms with Crippen molar-refractivity contribution in [1.29, 1.82) is 0 Å². The molecule has 0 unspecified atom stereocenters. The molecule has 2 aromatic carbocycles. The van der Waals surface area contributed by atoms with E-state index < -0.39 is 0 Å². The van der Waals surface area contributed by atoms with E-state index in [1.54, 1.807) is 34.7 Å². The van der Waals surface area contributed by atoms with Crippen molar-refractivity contribution in [2.75, 3.05) is 17.7 Å². The lowest BCUT2D eigenvalue weighted by Crippen LogP contribution is -2.22. The van der Waals surface area contributed by atoms with Gasteiger partial charge in [0.15, 0.2) is 10.9 Å². The first-order valence-electron chi connectivity index (χ1n) is 9.59. The van der Waals surface area contributed by atoms with Gasteiger partial charge in [-0.3, -0.25) is 19.0 Å². The van der Waals surface area contributed by atoms with E-state index in [4.69, 9.17) is 0 Å². The smallest absolute Gasteiger partial charge is 0.262 e. The molecule has 2 heterocycles. The number of carbonyl (C=O) groups excluding carboxylic acids is 2. The van der Waals surface area contributed by atoms with Crippen molar-refractivity contribution in [3.63, 3.8) is 0 Å². The topological polar surface area (TPSA) is 72.3 Å². The molecular weight excluding hydrogens is 386 g/mol. The summed E-state index contributed by atoms with van der Waals surface area (Å²) in [4.78, 5) is 43.9. The third-order valence-corrected chi connectivity index (χ3v) is 6.45. The minimum absolute atomic E-state index is 0.0350. The summed E-state index contributed by atoms with van der Waals surface area (Å²) in [5, 5.41) is 1.21. The number of hydrogen-bond acceptors (Lipinski definition) is 5. The van der Waals surface area contributed by atoms with Crippen molar-refractivity contribution in [2.24, 2.45) is 0 Å². The van der Waals surface area contributed by atoms with Crippen LogP contribution in [0.3, 0.4) is 0 Å². The van der Waals surface area contributed by atoms with Crippen LogP contribution in [0.15, 0.2) is 52.4 Å². The Hall–Kier alpha value is -2.93. The largest absolute Gasteiger partial charge is 0.315 e. The van der Waals surface area contributed by atoms with Gasteiger partial charge >= 0.3 is 0 Å². The van der Waals surface area contributed by atoms with Crippen LogP contribution >= 0.6 is 11.8 Å². The van der Waals surface area contributed by atoms with E-state index in [0.29, 0.717) is 28.0 Å². The van der Waals surface area contributed by atoms with Crippen molar-refractivity contribution in [3.8, 4) is 0 Å². The Morgan fingerprint density at radius 2 is 1.97 bits per heavy atom. The summed E-state index contributed by atoms with van der Waals surface area (Å²) < 4.78 is 1.75. The zero-order chi connectivity index (χ0) is 20.1. The molecule has 146 valence electrons. The molecule has 1 aliphatic heterocycles. The molecule has 0 radical (unpaired) electrons. The van der Waals surface area contributed by atoms with E-state index in [2.05, 4.69) is 4.98 Å². The SMILES string of the molecule is CN1C(=O)Cc2cc(C(=O)CSc3nc4ccccc4c(=O)n3C3CC3)ccc21. The van der Waals surface area contributed by atoms with E-state index in [1.807, 2.05) is 24.3 Å². The zero-order valence-electron chi connectivity index (χ0n) is 15.9. The Morgan fingerprint density at radius 3 is 2.76 bits per heavy atom. The number of para-hydroxylation sites is 1. The molecule has 29 heavy (non-hydrogen) atoms. The Morgan fingerprint density at radius 1 is 1.17 bits per heavy atom. The van der Waals surface area contributed by atoms with Gasteiger partial charge in [0.05, 0.1) is 23.1 Å². The third kappa shape index (κ3) is 3.15. The van der Waals surface area contributed by atoms with Gasteiger partial charge < -0.3 is 4.90 Å². The number of thioether (sulfide) groups is 1. The van der Waals surface area contributed by atoms with Crippen molar-refractivity contribution in [2.45, 2.75) is 30.5 Å². The number of rotatable bonds is 5. The molecule has 1 aromatic heterocycles. The highest BCUT2D eigenvalue weighted by molar-refractivity contribution is 7.99. The average molecular weight is 405 g/mol. The summed E-state index contributed by atoms with van der Waals surface area (Å²) in [5.74, 6) is 0.192. The summed E-state index contributed by atoms with van der Waals surface area (Å²) in [6.07, 6.45) is 2.26. The van der Waals surface area contributed by atoms with Gasteiger partial charge in [0.25, 0.3) is 5.56 Å². The number of fused-ring (bicyclic) bond motifs is 2. The average Bonchev–Trinajstić information content (AvgIpc) is 3.52. The number of Topliss-reactive ketones (excluding diaryl/α,β-unsaturated/α-hetero) is 1. The quantitative estimate of drug-likeness (QED) is 0.370. The standard InChI is InChI=1S/C22H19N3O3S/c1-24-18-9-6-13(10-14(18)11-20(24)27)19(26)12-29-22-23-17-5-3-2-4-16(17)21(28)25(22)15-7-8-15/h2-6,9-10,15H,7-8,11-12H2,1H3. The molecule has 0 bridgehead atoms. The van der Waals surface area contributed by atoms with Gasteiger partial charge in [0.2, 0.25) is 5.91 Å². The normalized spacial score (nSPS) is 15.8. The molecule has 0 spiro atoms. The van der Waals surface area contributed by atoms with E-state index in [9.17, 15) is 14.4 Å². The Bertz CT molecular complexity index is 1230. The van der Waals surface area contributed by atoms with Gasteiger partial charge in [-0.2, -0.15) is 0 Å². The Kier molecular flexibility index (Phi) is 4.28. The molecule has 2 aliphatic rings. The number of likely N-dealkylation sites (N-methyl/N-ethyl adjacent to an activating group) is 1. The van der Waals surface area contributed by atoms with E-state index in [1.165, 1.54) is 11.8 Å². The molecule has 1 fully saturated rings. The molecule has 6 nitrogen and oxygen atoms in total. The lowest BCUT2D eigenvalue weighted by atomic mass is 10.1. The molecule has 0 atom stereocenters. The first-order chi connectivity index (χ1) is 14.0. The first-order valence-corrected chi connectivity index (χ1v) is 10.6. The number of aromatic nitrogens is 2. The van der Waals surface area contributed by atoms with Crippen LogP contribution in [0.4, 0.5) is 5.69 Å². The second-order valence-corrected chi connectivity index (χ2v) is 8.45. The fourth-order valence-corrected chi connectivity index (χ4v) is 4.70. The minimum Gasteiger partial charge on any atom is -0.315 e. The maximum absolute atomic E-state index is 12.9. The first kappa shape index (κ1) is 18.1. The zero-order valence-corrected chi connectivity index (χ0v) is 16.7. The van der Waals surface area contributed by atoms with E-state index >= 15 is 0 Å². The summed E-state index contributed by atoms with van der Waals surface area (Å²) in [5.41, 5.74) is 2.95. The molecule has 7 heteroatoms. The third-order valence-electron chi connectivity index (χ3n) is 5.50. The van der Waals surface area contributed by atoms with Crippen LogP contribution in [0.2, 0.25) is 0 Å². The lowest BCUT2D eigenvalue weighted by molar-refractivity contribution is -0.117. The highest BCUT2D eigenvalue weighted by atomic mass is 32.2. The number of nitrogens with zero attached hydrogens (tertiary/aromatic N) is 3. The van der Waals surface area contributed by atoms with Crippen molar-refractivity contribution in [3.05, 3.63) is 63.9 Å². The van der Waals surface area contributed by atoms with Gasteiger partial charge in [-0.25, -0.2) is 4.98 Å². The van der Waals surface area contributed by atoms with Gasteiger partial charge in [-0.1, -0.05) is 23.9 Å². The lowest BCUT2D eigenvalue weighted by Gasteiger charge is -2.12. The second kappa shape index (κ2) is 6.84. The summed E-state index contributed by atoms with van der Waals surface area (Å²) in [6, 6.07) is 12.9. The molecule has 1 aliphatic carbocycles. The second-order valence-electron chi connectivity index (χ2n) is 7.50. The number of anilines is 1. The molecule has 5 rings (SSSR count). The molecular formula is C22H19N3O3S. The van der Waals surface area contributed by atoms with Crippen LogP contribution in [-0.2, 0) is 11.2 Å². The van der Waals surface area contributed by atoms with Gasteiger partial charge in [0, 0.05) is 24.3 Å². The highest BCUT2D eigenvalue weighted by Gasteiger charge is 2.29. The molecule has 1 amide bonds. The van der Waals surface area contributed by atoms with Crippen LogP contribution < -0.4 is 10.5 Å². The van der Waals surface area contributed by atoms with Gasteiger partial charge in [-0.05, 0) is 48.7 Å². The van der Waals surface area contributed by atoms with E-state index in [0.717, 1.165) is 24.1 Å². The molecule has 0 N–H and O–H groups in total. The number of carbonyl (C=O) groups is 2. The van der Waals surface area contributed by atoms with Crippen LogP contribution in [0.25, 0.3) is 10.9 Å². The highest BCUT2D eigenvalue weighted by Crippen LogP contribution is 2.37. The number of benzene rings is 2. The fraction of sp³-hybridized carbons (Fsp3) is 0.273. The minimum atomic E-state index is -0.0374. The molecule has 0 saturated heterocycles. The van der Waals surface area contributed by atoms with Crippen LogP contribution in [0.5, 0.6) is 0 Å². The van der Waals surface area contributed by atoms with Crippen molar-refractivity contribution < 1.29 is 9.59 Å². The monoisotopic (exact) mass is 405 g/mol. The fourth-order valence-electron chi connectivity index (χ4n) is 3.74. The summed E-state index contributed by atoms with van der Waals surface area (Å²) >= 11 is 1.31. The van der Waals surface area contributed by atoms with Crippen LogP contribution in [0.1, 0.15) is 34.8 Å².